The normalized spacial score (nSPS) is 22.3. The quantitative estimate of drug-likeness (QED) is 0.867. The van der Waals surface area contributed by atoms with Crippen molar-refractivity contribution in [3.05, 3.63) is 4.88 Å². The number of hydrogen-bond acceptors (Lipinski definition) is 6. The Morgan fingerprint density at radius 2 is 2.35 bits per heavy atom. The maximum absolute atomic E-state index is 12.6. The first-order valence-corrected chi connectivity index (χ1v) is 7.70. The van der Waals surface area contributed by atoms with Crippen molar-refractivity contribution in [3.8, 4) is 0 Å². The Labute approximate surface area is 123 Å². The van der Waals surface area contributed by atoms with Crippen LogP contribution in [-0.2, 0) is 0 Å². The number of nitrogen functional groups attached to an aromatic ring is 1. The molecule has 0 aliphatic carbocycles. The van der Waals surface area contributed by atoms with Crippen molar-refractivity contribution in [3.63, 3.8) is 0 Å². The lowest BCUT2D eigenvalue weighted by atomic mass is 10.0. The average molecular weight is 298 g/mol. The second kappa shape index (κ2) is 5.97. The highest BCUT2D eigenvalue weighted by Gasteiger charge is 2.36. The standard InChI is InChI=1S/C13H22N4O2S/c1-4-16(3)13-15-11(14)10(20-13)12(19)17-6-5-8(2)9(17)7-18/h8-9,18H,4-7,14H2,1-3H3. The smallest absolute Gasteiger partial charge is 0.268 e. The van der Waals surface area contributed by atoms with Crippen molar-refractivity contribution < 1.29 is 9.90 Å². The van der Waals surface area contributed by atoms with Crippen LogP contribution in [-0.4, -0.2) is 53.7 Å². The molecule has 0 saturated carbocycles. The van der Waals surface area contributed by atoms with Crippen LogP contribution in [0.3, 0.4) is 0 Å². The fraction of sp³-hybridized carbons (Fsp3) is 0.692. The molecule has 0 aromatic carbocycles. The number of nitrogens with zero attached hydrogens (tertiary/aromatic N) is 3. The molecule has 7 heteroatoms. The number of amides is 1. The summed E-state index contributed by atoms with van der Waals surface area (Å²) in [6, 6.07) is -0.114. The zero-order valence-electron chi connectivity index (χ0n) is 12.2. The molecule has 1 aromatic heterocycles. The molecule has 2 rings (SSSR count). The molecular weight excluding hydrogens is 276 g/mol. The number of rotatable bonds is 4. The first-order chi connectivity index (χ1) is 9.49. The fourth-order valence-corrected chi connectivity index (χ4v) is 3.41. The molecule has 2 unspecified atom stereocenters. The minimum Gasteiger partial charge on any atom is -0.394 e. The molecule has 1 aliphatic rings. The minimum atomic E-state index is -0.114. The maximum atomic E-state index is 12.6. The largest absolute Gasteiger partial charge is 0.394 e. The van der Waals surface area contributed by atoms with Crippen LogP contribution in [0.2, 0.25) is 0 Å². The topological polar surface area (TPSA) is 82.7 Å². The first kappa shape index (κ1) is 15.1. The van der Waals surface area contributed by atoms with E-state index in [4.69, 9.17) is 5.73 Å². The average Bonchev–Trinajstić information content (AvgIpc) is 3.00. The number of nitrogens with two attached hydrogens (primary N) is 1. The zero-order chi connectivity index (χ0) is 14.9. The zero-order valence-corrected chi connectivity index (χ0v) is 13.0. The van der Waals surface area contributed by atoms with Gasteiger partial charge in [-0.15, -0.1) is 0 Å². The molecule has 0 spiro atoms. The van der Waals surface area contributed by atoms with Gasteiger partial charge in [0.1, 0.15) is 10.7 Å². The Kier molecular flexibility index (Phi) is 4.49. The monoisotopic (exact) mass is 298 g/mol. The summed E-state index contributed by atoms with van der Waals surface area (Å²) in [7, 11) is 1.92. The van der Waals surface area contributed by atoms with E-state index in [1.165, 1.54) is 11.3 Å². The number of carbonyl (C=O) groups excluding carboxylic acids is 1. The van der Waals surface area contributed by atoms with Crippen molar-refractivity contribution in [2.45, 2.75) is 26.3 Å². The van der Waals surface area contributed by atoms with E-state index < -0.39 is 0 Å². The molecule has 0 radical (unpaired) electrons. The summed E-state index contributed by atoms with van der Waals surface area (Å²) in [5.74, 6) is 0.488. The van der Waals surface area contributed by atoms with Crippen LogP contribution in [0.1, 0.15) is 29.9 Å². The van der Waals surface area contributed by atoms with Gasteiger partial charge in [-0.25, -0.2) is 4.98 Å². The molecule has 1 amide bonds. The second-order valence-corrected chi connectivity index (χ2v) is 6.22. The number of carbonyl (C=O) groups is 1. The Hall–Kier alpha value is -1.34. The first-order valence-electron chi connectivity index (χ1n) is 6.88. The highest BCUT2D eigenvalue weighted by molar-refractivity contribution is 7.18. The lowest BCUT2D eigenvalue weighted by Gasteiger charge is -2.24. The fourth-order valence-electron chi connectivity index (χ4n) is 2.44. The lowest BCUT2D eigenvalue weighted by molar-refractivity contribution is 0.0654. The predicted octanol–water partition coefficient (Wildman–Crippen LogP) is 1.02. The number of likely N-dealkylation sites (tertiary alicyclic amines) is 1. The van der Waals surface area contributed by atoms with Crippen molar-refractivity contribution >= 4 is 28.2 Å². The molecule has 1 fully saturated rings. The van der Waals surface area contributed by atoms with E-state index in [0.29, 0.717) is 17.3 Å². The van der Waals surface area contributed by atoms with Crippen LogP contribution >= 0.6 is 11.3 Å². The number of thiazole rings is 1. The Morgan fingerprint density at radius 3 is 2.95 bits per heavy atom. The SMILES string of the molecule is CCN(C)c1nc(N)c(C(=O)N2CCC(C)C2CO)s1. The molecule has 3 N–H and O–H groups in total. The number of aliphatic hydroxyl groups is 1. The van der Waals surface area contributed by atoms with Gasteiger partial charge in [-0.3, -0.25) is 4.79 Å². The van der Waals surface area contributed by atoms with Gasteiger partial charge in [0.05, 0.1) is 12.6 Å². The molecule has 1 saturated heterocycles. The highest BCUT2D eigenvalue weighted by Crippen LogP contribution is 2.32. The number of aliphatic hydroxyl groups excluding tert-OH is 1. The molecule has 2 heterocycles. The van der Waals surface area contributed by atoms with Crippen LogP contribution in [0.15, 0.2) is 0 Å². The molecule has 2 atom stereocenters. The van der Waals surface area contributed by atoms with Gasteiger partial charge in [0, 0.05) is 20.1 Å². The summed E-state index contributed by atoms with van der Waals surface area (Å²) >= 11 is 1.32. The van der Waals surface area contributed by atoms with Crippen molar-refractivity contribution in [2.24, 2.45) is 5.92 Å². The molecule has 1 aliphatic heterocycles. The van der Waals surface area contributed by atoms with Crippen molar-refractivity contribution in [2.75, 3.05) is 37.4 Å². The Balaban J connectivity index is 2.23. The third-order valence-corrected chi connectivity index (χ3v) is 5.14. The summed E-state index contributed by atoms with van der Waals surface area (Å²) in [5.41, 5.74) is 5.89. The van der Waals surface area contributed by atoms with Crippen LogP contribution in [0.5, 0.6) is 0 Å². The van der Waals surface area contributed by atoms with Gasteiger partial charge in [-0.2, -0.15) is 0 Å². The van der Waals surface area contributed by atoms with Gasteiger partial charge in [-0.1, -0.05) is 18.3 Å². The van der Waals surface area contributed by atoms with Crippen LogP contribution in [0, 0.1) is 5.92 Å². The van der Waals surface area contributed by atoms with E-state index in [1.54, 1.807) is 4.90 Å². The van der Waals surface area contributed by atoms with Crippen LogP contribution < -0.4 is 10.6 Å². The van der Waals surface area contributed by atoms with Gasteiger partial charge < -0.3 is 20.6 Å². The van der Waals surface area contributed by atoms with Gasteiger partial charge in [0.2, 0.25) is 0 Å². The van der Waals surface area contributed by atoms with Gasteiger partial charge in [-0.05, 0) is 19.3 Å². The Morgan fingerprint density at radius 1 is 1.65 bits per heavy atom. The minimum absolute atomic E-state index is 0.00661. The van der Waals surface area contributed by atoms with Gasteiger partial charge in [0.15, 0.2) is 5.13 Å². The Bertz CT molecular complexity index is 491. The summed E-state index contributed by atoms with van der Waals surface area (Å²) in [5, 5.41) is 10.2. The molecular formula is C13H22N4O2S. The molecule has 6 nitrogen and oxygen atoms in total. The summed E-state index contributed by atoms with van der Waals surface area (Å²) in [6.07, 6.45) is 0.914. The summed E-state index contributed by atoms with van der Waals surface area (Å²) in [6.45, 7) is 5.54. The molecule has 112 valence electrons. The van der Waals surface area contributed by atoms with E-state index in [0.717, 1.165) is 18.1 Å². The summed E-state index contributed by atoms with van der Waals surface area (Å²) in [4.78, 5) is 21.0. The van der Waals surface area contributed by atoms with E-state index >= 15 is 0 Å². The van der Waals surface area contributed by atoms with Crippen molar-refractivity contribution in [1.82, 2.24) is 9.88 Å². The number of aromatic nitrogens is 1. The molecule has 1 aromatic rings. The highest BCUT2D eigenvalue weighted by atomic mass is 32.1. The van der Waals surface area contributed by atoms with E-state index in [9.17, 15) is 9.90 Å². The van der Waals surface area contributed by atoms with Crippen LogP contribution in [0.4, 0.5) is 10.9 Å². The second-order valence-electron chi connectivity index (χ2n) is 5.24. The predicted molar refractivity (Wildman–Crippen MR) is 81.2 cm³/mol. The number of anilines is 2. The number of hydrogen-bond donors (Lipinski definition) is 2. The van der Waals surface area contributed by atoms with Crippen molar-refractivity contribution in [1.29, 1.82) is 0 Å². The molecule has 20 heavy (non-hydrogen) atoms. The van der Waals surface area contributed by atoms with E-state index in [1.807, 2.05) is 18.9 Å². The van der Waals surface area contributed by atoms with Crippen LogP contribution in [0.25, 0.3) is 0 Å². The van der Waals surface area contributed by atoms with Gasteiger partial charge in [0.25, 0.3) is 5.91 Å². The lowest BCUT2D eigenvalue weighted by Crippen LogP contribution is -2.39. The third-order valence-electron chi connectivity index (χ3n) is 3.97. The van der Waals surface area contributed by atoms with Gasteiger partial charge >= 0.3 is 0 Å². The summed E-state index contributed by atoms with van der Waals surface area (Å²) < 4.78 is 0. The maximum Gasteiger partial charge on any atom is 0.268 e. The van der Waals surface area contributed by atoms with E-state index in [2.05, 4.69) is 11.9 Å². The van der Waals surface area contributed by atoms with E-state index in [-0.39, 0.29) is 24.4 Å². The third kappa shape index (κ3) is 2.60. The molecule has 0 bridgehead atoms.